The predicted octanol–water partition coefficient (Wildman–Crippen LogP) is 5.98. The van der Waals surface area contributed by atoms with E-state index in [1.807, 2.05) is 19.1 Å². The van der Waals surface area contributed by atoms with Crippen LogP contribution >= 0.6 is 0 Å². The zero-order valence-electron chi connectivity index (χ0n) is 15.1. The quantitative estimate of drug-likeness (QED) is 0.626. The minimum Gasteiger partial charge on any atom is -0.494 e. The molecular formula is C22H26F2O. The zero-order valence-corrected chi connectivity index (χ0v) is 15.1. The van der Waals surface area contributed by atoms with E-state index in [9.17, 15) is 8.78 Å². The van der Waals surface area contributed by atoms with Crippen LogP contribution in [0.25, 0.3) is 0 Å². The van der Waals surface area contributed by atoms with E-state index in [1.165, 1.54) is 23.3 Å². The van der Waals surface area contributed by atoms with Gasteiger partial charge >= 0.3 is 0 Å². The first-order valence-corrected chi connectivity index (χ1v) is 9.34. The molecule has 0 aromatic heterocycles. The van der Waals surface area contributed by atoms with Gasteiger partial charge in [-0.05, 0) is 79.0 Å². The maximum Gasteiger partial charge on any atom is 0.129 e. The molecule has 25 heavy (non-hydrogen) atoms. The molecule has 3 heteroatoms. The molecule has 0 saturated carbocycles. The van der Waals surface area contributed by atoms with E-state index in [0.717, 1.165) is 37.0 Å². The minimum atomic E-state index is -0.389. The molecule has 0 aliphatic heterocycles. The Morgan fingerprint density at radius 3 is 2.44 bits per heavy atom. The molecule has 2 aromatic carbocycles. The monoisotopic (exact) mass is 344 g/mol. The van der Waals surface area contributed by atoms with Crippen molar-refractivity contribution in [1.82, 2.24) is 0 Å². The van der Waals surface area contributed by atoms with Crippen LogP contribution in [-0.4, -0.2) is 6.61 Å². The summed E-state index contributed by atoms with van der Waals surface area (Å²) in [5.41, 5.74) is 3.43. The van der Waals surface area contributed by atoms with E-state index in [2.05, 4.69) is 13.0 Å². The summed E-state index contributed by atoms with van der Waals surface area (Å²) in [6, 6.07) is 9.12. The highest BCUT2D eigenvalue weighted by Gasteiger charge is 2.26. The number of aryl methyl sites for hydroxylation is 2. The Bertz CT molecular complexity index is 716. The van der Waals surface area contributed by atoms with E-state index >= 15 is 0 Å². The van der Waals surface area contributed by atoms with Crippen LogP contribution in [0.1, 0.15) is 61.3 Å². The van der Waals surface area contributed by atoms with E-state index in [-0.39, 0.29) is 23.1 Å². The summed E-state index contributed by atoms with van der Waals surface area (Å²) in [6.07, 6.45) is 4.86. The van der Waals surface area contributed by atoms with Crippen molar-refractivity contribution < 1.29 is 13.5 Å². The molecule has 0 spiro atoms. The number of fused-ring (bicyclic) bond motifs is 1. The molecule has 0 radical (unpaired) electrons. The van der Waals surface area contributed by atoms with Crippen molar-refractivity contribution in [3.63, 3.8) is 0 Å². The lowest BCUT2D eigenvalue weighted by Crippen LogP contribution is -2.16. The van der Waals surface area contributed by atoms with Gasteiger partial charge in [0.15, 0.2) is 0 Å². The maximum atomic E-state index is 14.5. The Morgan fingerprint density at radius 2 is 1.76 bits per heavy atom. The van der Waals surface area contributed by atoms with Crippen LogP contribution in [0.3, 0.4) is 0 Å². The van der Waals surface area contributed by atoms with Gasteiger partial charge in [-0.15, -0.1) is 0 Å². The normalized spacial score (nSPS) is 16.6. The maximum absolute atomic E-state index is 14.5. The fourth-order valence-corrected chi connectivity index (χ4v) is 3.75. The zero-order chi connectivity index (χ0) is 17.8. The van der Waals surface area contributed by atoms with Crippen LogP contribution < -0.4 is 4.74 Å². The first-order chi connectivity index (χ1) is 12.1. The Hall–Kier alpha value is -1.90. The third kappa shape index (κ3) is 4.02. The summed E-state index contributed by atoms with van der Waals surface area (Å²) in [6.45, 7) is 4.81. The summed E-state index contributed by atoms with van der Waals surface area (Å²) in [5.74, 6) is 0.0190. The molecule has 2 aromatic rings. The largest absolute Gasteiger partial charge is 0.494 e. The molecule has 1 nitrogen and oxygen atoms in total. The second kappa shape index (κ2) is 7.99. The second-order valence-corrected chi connectivity index (χ2v) is 6.94. The summed E-state index contributed by atoms with van der Waals surface area (Å²) in [5, 5.41) is 0. The highest BCUT2D eigenvalue weighted by atomic mass is 19.1. The molecule has 3 rings (SSSR count). The van der Waals surface area contributed by atoms with Crippen LogP contribution in [0, 0.1) is 11.6 Å². The van der Waals surface area contributed by atoms with Crippen LogP contribution in [-0.2, 0) is 19.3 Å². The summed E-state index contributed by atoms with van der Waals surface area (Å²) in [4.78, 5) is 0. The third-order valence-corrected chi connectivity index (χ3v) is 4.96. The molecule has 1 atom stereocenters. The van der Waals surface area contributed by atoms with Crippen molar-refractivity contribution in [3.05, 3.63) is 64.2 Å². The van der Waals surface area contributed by atoms with Crippen LogP contribution in [0.5, 0.6) is 5.75 Å². The van der Waals surface area contributed by atoms with E-state index in [0.29, 0.717) is 19.4 Å². The van der Waals surface area contributed by atoms with Gasteiger partial charge in [-0.1, -0.05) is 26.3 Å². The number of benzene rings is 2. The van der Waals surface area contributed by atoms with Gasteiger partial charge in [-0.2, -0.15) is 0 Å². The van der Waals surface area contributed by atoms with Gasteiger partial charge in [0.25, 0.3) is 0 Å². The lowest BCUT2D eigenvalue weighted by atomic mass is 9.79. The van der Waals surface area contributed by atoms with Crippen LogP contribution in [0.2, 0.25) is 0 Å². The predicted molar refractivity (Wildman–Crippen MR) is 97.3 cm³/mol. The number of hydrogen-bond acceptors (Lipinski definition) is 1. The molecule has 0 fully saturated rings. The standard InChI is InChI=1S/C22H26F2O/c1-3-5-15-11-20(23)22(21(24)12-15)18-7-6-17-14-19(25-10-4-2)9-8-16(17)13-18/h8-9,11-12,14,18H,3-7,10,13H2,1-2H3. The van der Waals surface area contributed by atoms with Gasteiger partial charge < -0.3 is 4.74 Å². The summed E-state index contributed by atoms with van der Waals surface area (Å²) in [7, 11) is 0. The topological polar surface area (TPSA) is 9.23 Å². The van der Waals surface area contributed by atoms with Gasteiger partial charge in [-0.3, -0.25) is 0 Å². The Kier molecular flexibility index (Phi) is 5.72. The van der Waals surface area contributed by atoms with Gasteiger partial charge in [0.05, 0.1) is 6.61 Å². The highest BCUT2D eigenvalue weighted by molar-refractivity contribution is 5.40. The highest BCUT2D eigenvalue weighted by Crippen LogP contribution is 2.37. The van der Waals surface area contributed by atoms with Crippen molar-refractivity contribution in [2.24, 2.45) is 0 Å². The lowest BCUT2D eigenvalue weighted by Gasteiger charge is -2.26. The molecule has 1 unspecified atom stereocenters. The van der Waals surface area contributed by atoms with Crippen molar-refractivity contribution in [2.45, 2.75) is 58.3 Å². The molecule has 0 heterocycles. The Morgan fingerprint density at radius 1 is 1.00 bits per heavy atom. The van der Waals surface area contributed by atoms with Crippen molar-refractivity contribution in [1.29, 1.82) is 0 Å². The van der Waals surface area contributed by atoms with E-state index in [1.54, 1.807) is 0 Å². The fourth-order valence-electron chi connectivity index (χ4n) is 3.75. The van der Waals surface area contributed by atoms with Gasteiger partial charge in [0, 0.05) is 5.56 Å². The Labute approximate surface area is 149 Å². The fraction of sp³-hybridized carbons (Fsp3) is 0.455. The third-order valence-electron chi connectivity index (χ3n) is 4.96. The average molecular weight is 344 g/mol. The smallest absolute Gasteiger partial charge is 0.129 e. The van der Waals surface area contributed by atoms with Gasteiger partial charge in [-0.25, -0.2) is 8.78 Å². The first-order valence-electron chi connectivity index (χ1n) is 9.34. The van der Waals surface area contributed by atoms with E-state index in [4.69, 9.17) is 4.74 Å². The SMILES string of the molecule is CCCOc1ccc2c(c1)CCC(c1c(F)cc(CCC)cc1F)C2. The molecule has 0 N–H and O–H groups in total. The second-order valence-electron chi connectivity index (χ2n) is 6.94. The van der Waals surface area contributed by atoms with Crippen LogP contribution in [0.15, 0.2) is 30.3 Å². The number of halogens is 2. The van der Waals surface area contributed by atoms with Crippen LogP contribution in [0.4, 0.5) is 8.78 Å². The van der Waals surface area contributed by atoms with Crippen molar-refractivity contribution in [2.75, 3.05) is 6.61 Å². The summed E-state index contributed by atoms with van der Waals surface area (Å²) >= 11 is 0. The molecule has 0 bridgehead atoms. The molecule has 134 valence electrons. The van der Waals surface area contributed by atoms with Gasteiger partial charge in [0.1, 0.15) is 17.4 Å². The average Bonchev–Trinajstić information content (AvgIpc) is 2.59. The molecule has 0 amide bonds. The lowest BCUT2D eigenvalue weighted by molar-refractivity contribution is 0.316. The first kappa shape index (κ1) is 17.9. The van der Waals surface area contributed by atoms with Crippen molar-refractivity contribution >= 4 is 0 Å². The molecular weight excluding hydrogens is 318 g/mol. The van der Waals surface area contributed by atoms with E-state index < -0.39 is 0 Å². The van der Waals surface area contributed by atoms with Gasteiger partial charge in [0.2, 0.25) is 0 Å². The van der Waals surface area contributed by atoms with Crippen molar-refractivity contribution in [3.8, 4) is 5.75 Å². The number of ether oxygens (including phenoxy) is 1. The minimum absolute atomic E-state index is 0.0920. The molecule has 0 saturated heterocycles. The number of hydrogen-bond donors (Lipinski definition) is 0. The summed E-state index contributed by atoms with van der Waals surface area (Å²) < 4.78 is 34.8. The Balaban J connectivity index is 1.81. The molecule has 1 aliphatic carbocycles. The molecule has 1 aliphatic rings. The number of rotatable bonds is 6.